The van der Waals surface area contributed by atoms with Crippen LogP contribution in [0.25, 0.3) is 11.0 Å². The standard InChI is InChI=1S/C23H16ClN3O3/c1-2-13-4-6-14(7-5-13)19-18-20(28)16-12-15(24)8-9-17(16)30-21(18)22(29)27(19)23-25-10-3-11-26-23/h3-12,19H,2H2,1H3. The monoisotopic (exact) mass is 417 g/mol. The van der Waals surface area contributed by atoms with Gasteiger partial charge < -0.3 is 4.42 Å². The Morgan fingerprint density at radius 1 is 1.07 bits per heavy atom. The van der Waals surface area contributed by atoms with Gasteiger partial charge in [0.15, 0.2) is 5.43 Å². The lowest BCUT2D eigenvalue weighted by Crippen LogP contribution is -2.31. The molecule has 0 radical (unpaired) electrons. The Kier molecular flexibility index (Phi) is 4.37. The number of aromatic nitrogens is 2. The highest BCUT2D eigenvalue weighted by Crippen LogP contribution is 2.40. The Hall–Kier alpha value is -3.51. The first-order chi connectivity index (χ1) is 14.6. The van der Waals surface area contributed by atoms with Crippen molar-refractivity contribution in [3.8, 4) is 0 Å². The smallest absolute Gasteiger partial charge is 0.297 e. The molecule has 0 bridgehead atoms. The quantitative estimate of drug-likeness (QED) is 0.488. The molecule has 30 heavy (non-hydrogen) atoms. The van der Waals surface area contributed by atoms with E-state index in [1.54, 1.807) is 36.7 Å². The molecule has 6 nitrogen and oxygen atoms in total. The fraction of sp³-hybridized carbons (Fsp3) is 0.130. The Labute approximate surface area is 176 Å². The van der Waals surface area contributed by atoms with Gasteiger partial charge in [-0.15, -0.1) is 0 Å². The molecule has 0 fully saturated rings. The number of hydrogen-bond acceptors (Lipinski definition) is 5. The maximum Gasteiger partial charge on any atom is 0.297 e. The summed E-state index contributed by atoms with van der Waals surface area (Å²) in [5.74, 6) is -0.235. The molecule has 1 amide bonds. The van der Waals surface area contributed by atoms with Crippen molar-refractivity contribution in [1.82, 2.24) is 9.97 Å². The summed E-state index contributed by atoms with van der Waals surface area (Å²) in [6, 6.07) is 13.6. The van der Waals surface area contributed by atoms with Gasteiger partial charge in [-0.2, -0.15) is 0 Å². The lowest BCUT2D eigenvalue weighted by atomic mass is 9.97. The molecule has 2 aromatic carbocycles. The van der Waals surface area contributed by atoms with Gasteiger partial charge in [-0.3, -0.25) is 14.5 Å². The highest BCUT2D eigenvalue weighted by Gasteiger charge is 2.44. The van der Waals surface area contributed by atoms with Crippen LogP contribution in [0.1, 0.15) is 40.2 Å². The molecule has 1 aliphatic heterocycles. The number of hydrogen-bond donors (Lipinski definition) is 0. The van der Waals surface area contributed by atoms with Gasteiger partial charge in [-0.25, -0.2) is 9.97 Å². The first-order valence-electron chi connectivity index (χ1n) is 9.54. The molecule has 0 saturated heterocycles. The fourth-order valence-corrected chi connectivity index (χ4v) is 3.99. The lowest BCUT2D eigenvalue weighted by Gasteiger charge is -2.23. The molecular formula is C23H16ClN3O3. The molecule has 0 spiro atoms. The molecule has 0 aliphatic carbocycles. The van der Waals surface area contributed by atoms with E-state index >= 15 is 0 Å². The van der Waals surface area contributed by atoms with Gasteiger partial charge in [-0.1, -0.05) is 42.8 Å². The fourth-order valence-electron chi connectivity index (χ4n) is 3.82. The van der Waals surface area contributed by atoms with E-state index in [-0.39, 0.29) is 22.7 Å². The number of aryl methyl sites for hydroxylation is 1. The number of carbonyl (C=O) groups is 1. The number of amides is 1. The molecule has 1 unspecified atom stereocenters. The zero-order valence-electron chi connectivity index (χ0n) is 16.0. The van der Waals surface area contributed by atoms with Crippen LogP contribution in [-0.2, 0) is 6.42 Å². The van der Waals surface area contributed by atoms with Gasteiger partial charge in [0, 0.05) is 17.4 Å². The van der Waals surface area contributed by atoms with Crippen molar-refractivity contribution in [2.75, 3.05) is 4.90 Å². The molecular weight excluding hydrogens is 402 g/mol. The summed E-state index contributed by atoms with van der Waals surface area (Å²) in [4.78, 5) is 36.7. The van der Waals surface area contributed by atoms with Gasteiger partial charge in [0.05, 0.1) is 17.0 Å². The van der Waals surface area contributed by atoms with Crippen LogP contribution in [0.5, 0.6) is 0 Å². The zero-order chi connectivity index (χ0) is 20.8. The third-order valence-corrected chi connectivity index (χ3v) is 5.54. The number of benzene rings is 2. The summed E-state index contributed by atoms with van der Waals surface area (Å²) in [5, 5.41) is 0.756. The lowest BCUT2D eigenvalue weighted by molar-refractivity contribution is 0.0969. The van der Waals surface area contributed by atoms with Crippen molar-refractivity contribution >= 4 is 34.4 Å². The first kappa shape index (κ1) is 18.5. The second-order valence-corrected chi connectivity index (χ2v) is 7.47. The van der Waals surface area contributed by atoms with E-state index in [9.17, 15) is 9.59 Å². The van der Waals surface area contributed by atoms with Gasteiger partial charge in [0.25, 0.3) is 5.91 Å². The van der Waals surface area contributed by atoms with Gasteiger partial charge in [-0.05, 0) is 41.8 Å². The summed E-state index contributed by atoms with van der Waals surface area (Å²) in [7, 11) is 0. The zero-order valence-corrected chi connectivity index (χ0v) is 16.8. The molecule has 5 rings (SSSR count). The molecule has 7 heteroatoms. The number of anilines is 1. The maximum atomic E-state index is 13.5. The average molecular weight is 418 g/mol. The van der Waals surface area contributed by atoms with Crippen molar-refractivity contribution < 1.29 is 9.21 Å². The first-order valence-corrected chi connectivity index (χ1v) is 9.92. The van der Waals surface area contributed by atoms with E-state index in [2.05, 4.69) is 16.9 Å². The number of halogens is 1. The summed E-state index contributed by atoms with van der Waals surface area (Å²) < 4.78 is 5.90. The van der Waals surface area contributed by atoms with Crippen LogP contribution in [0.2, 0.25) is 5.02 Å². The van der Waals surface area contributed by atoms with Crippen molar-refractivity contribution in [2.24, 2.45) is 0 Å². The summed E-state index contributed by atoms with van der Waals surface area (Å²) in [6.07, 6.45) is 4.00. The minimum absolute atomic E-state index is 0.00634. The van der Waals surface area contributed by atoms with Gasteiger partial charge >= 0.3 is 0 Å². The summed E-state index contributed by atoms with van der Waals surface area (Å²) in [5.41, 5.74) is 2.23. The predicted molar refractivity (Wildman–Crippen MR) is 114 cm³/mol. The molecule has 2 aromatic heterocycles. The van der Waals surface area contributed by atoms with Crippen molar-refractivity contribution in [3.05, 3.63) is 98.6 Å². The molecule has 3 heterocycles. The highest BCUT2D eigenvalue weighted by atomic mass is 35.5. The van der Waals surface area contributed by atoms with Gasteiger partial charge in [0.1, 0.15) is 5.58 Å². The minimum atomic E-state index is -0.694. The Balaban J connectivity index is 1.80. The molecule has 4 aromatic rings. The van der Waals surface area contributed by atoms with E-state index in [0.717, 1.165) is 17.5 Å². The molecule has 0 saturated carbocycles. The number of nitrogens with zero attached hydrogens (tertiary/aromatic N) is 3. The number of rotatable bonds is 3. The van der Waals surface area contributed by atoms with E-state index in [0.29, 0.717) is 16.0 Å². The van der Waals surface area contributed by atoms with E-state index in [1.807, 2.05) is 24.3 Å². The molecule has 1 aliphatic rings. The average Bonchev–Trinajstić information content (AvgIpc) is 3.07. The Bertz CT molecular complexity index is 1330. The highest BCUT2D eigenvalue weighted by molar-refractivity contribution is 6.31. The molecule has 1 atom stereocenters. The van der Waals surface area contributed by atoms with Crippen LogP contribution in [0.3, 0.4) is 0 Å². The third kappa shape index (κ3) is 2.80. The Morgan fingerprint density at radius 2 is 1.80 bits per heavy atom. The number of fused-ring (bicyclic) bond motifs is 2. The molecule has 0 N–H and O–H groups in total. The maximum absolute atomic E-state index is 13.5. The van der Waals surface area contributed by atoms with Crippen LogP contribution in [0.4, 0.5) is 5.95 Å². The predicted octanol–water partition coefficient (Wildman–Crippen LogP) is 4.55. The second-order valence-electron chi connectivity index (χ2n) is 7.04. The normalized spacial score (nSPS) is 15.6. The molecule has 148 valence electrons. The Morgan fingerprint density at radius 3 is 2.50 bits per heavy atom. The van der Waals surface area contributed by atoms with E-state index in [1.165, 1.54) is 4.90 Å². The number of carbonyl (C=O) groups excluding carboxylic acids is 1. The van der Waals surface area contributed by atoms with Gasteiger partial charge in [0.2, 0.25) is 11.7 Å². The van der Waals surface area contributed by atoms with Crippen molar-refractivity contribution in [1.29, 1.82) is 0 Å². The second kappa shape index (κ2) is 7.07. The van der Waals surface area contributed by atoms with Crippen LogP contribution in [0, 0.1) is 0 Å². The van der Waals surface area contributed by atoms with Crippen LogP contribution in [0.15, 0.2) is 70.1 Å². The van der Waals surface area contributed by atoms with Crippen molar-refractivity contribution in [3.63, 3.8) is 0 Å². The van der Waals surface area contributed by atoms with Crippen LogP contribution in [-0.4, -0.2) is 15.9 Å². The largest absolute Gasteiger partial charge is 0.450 e. The topological polar surface area (TPSA) is 76.3 Å². The van der Waals surface area contributed by atoms with E-state index < -0.39 is 11.9 Å². The van der Waals surface area contributed by atoms with E-state index in [4.69, 9.17) is 16.0 Å². The SMILES string of the molecule is CCc1ccc(C2c3c(oc4ccc(Cl)cc4c3=O)C(=O)N2c2ncccn2)cc1. The van der Waals surface area contributed by atoms with Crippen molar-refractivity contribution in [2.45, 2.75) is 19.4 Å². The summed E-state index contributed by atoms with van der Waals surface area (Å²) in [6.45, 7) is 2.07. The van der Waals surface area contributed by atoms with Crippen LogP contribution >= 0.6 is 11.6 Å². The summed E-state index contributed by atoms with van der Waals surface area (Å²) >= 11 is 6.10. The van der Waals surface area contributed by atoms with Crippen LogP contribution < -0.4 is 10.3 Å². The third-order valence-electron chi connectivity index (χ3n) is 5.30. The minimum Gasteiger partial charge on any atom is -0.450 e.